The van der Waals surface area contributed by atoms with Crippen molar-refractivity contribution < 1.29 is 28.4 Å². The first-order valence-corrected chi connectivity index (χ1v) is 9.97. The van der Waals surface area contributed by atoms with E-state index in [1.165, 1.54) is 0 Å². The minimum Gasteiger partial charge on any atom is -0.497 e. The Balaban J connectivity index is 2.22. The van der Waals surface area contributed by atoms with Crippen LogP contribution in [0.2, 0.25) is 0 Å². The van der Waals surface area contributed by atoms with E-state index < -0.39 is 0 Å². The third-order valence-corrected chi connectivity index (χ3v) is 5.10. The van der Waals surface area contributed by atoms with Crippen molar-refractivity contribution in [1.82, 2.24) is 0 Å². The molecule has 3 aromatic carbocycles. The third kappa shape index (κ3) is 4.59. The van der Waals surface area contributed by atoms with E-state index in [1.807, 2.05) is 60.7 Å². The Kier molecular flexibility index (Phi) is 7.49. The van der Waals surface area contributed by atoms with Crippen LogP contribution >= 0.6 is 0 Å². The molecular weight excluding hydrogens is 408 g/mol. The number of benzene rings is 3. The molecular formula is C26H28O6. The number of methoxy groups -OCH3 is 6. The standard InChI is InChI=1S/C26H28O6/c1-27-20-12-8-17(9-13-20)7-10-18-16-23(30-4)25(31-5)26(32-6)24(18)19-11-14-21(28-2)22(15-19)29-3/h7-16H,1-6H3/b10-7+. The number of hydrogen-bond acceptors (Lipinski definition) is 6. The Labute approximate surface area is 188 Å². The summed E-state index contributed by atoms with van der Waals surface area (Å²) in [5.41, 5.74) is 3.64. The van der Waals surface area contributed by atoms with E-state index in [1.54, 1.807) is 42.7 Å². The highest BCUT2D eigenvalue weighted by molar-refractivity contribution is 5.88. The zero-order valence-electron chi connectivity index (χ0n) is 19.2. The van der Waals surface area contributed by atoms with Gasteiger partial charge in [-0.1, -0.05) is 30.4 Å². The number of rotatable bonds is 9. The Hall–Kier alpha value is -3.80. The minimum absolute atomic E-state index is 0.515. The van der Waals surface area contributed by atoms with Crippen molar-refractivity contribution in [3.05, 3.63) is 59.7 Å². The molecule has 0 aliphatic heterocycles. The molecule has 0 bridgehead atoms. The van der Waals surface area contributed by atoms with E-state index in [0.29, 0.717) is 28.7 Å². The molecule has 0 aliphatic carbocycles. The monoisotopic (exact) mass is 436 g/mol. The van der Waals surface area contributed by atoms with Crippen LogP contribution in [0.5, 0.6) is 34.5 Å². The van der Waals surface area contributed by atoms with Gasteiger partial charge < -0.3 is 28.4 Å². The Morgan fingerprint density at radius 3 is 1.75 bits per heavy atom. The van der Waals surface area contributed by atoms with Crippen LogP contribution in [0.1, 0.15) is 11.1 Å². The van der Waals surface area contributed by atoms with E-state index in [0.717, 1.165) is 28.0 Å². The van der Waals surface area contributed by atoms with Crippen molar-refractivity contribution in [1.29, 1.82) is 0 Å². The fourth-order valence-corrected chi connectivity index (χ4v) is 3.50. The van der Waals surface area contributed by atoms with Gasteiger partial charge in [0.15, 0.2) is 23.0 Å². The first kappa shape index (κ1) is 22.9. The zero-order valence-corrected chi connectivity index (χ0v) is 19.2. The molecule has 0 amide bonds. The van der Waals surface area contributed by atoms with Crippen LogP contribution in [-0.2, 0) is 0 Å². The van der Waals surface area contributed by atoms with Crippen molar-refractivity contribution in [2.75, 3.05) is 42.7 Å². The summed E-state index contributed by atoms with van der Waals surface area (Å²) in [7, 11) is 9.67. The lowest BCUT2D eigenvalue weighted by Gasteiger charge is -2.19. The smallest absolute Gasteiger partial charge is 0.203 e. The quantitative estimate of drug-likeness (QED) is 0.409. The number of ether oxygens (including phenoxy) is 6. The van der Waals surface area contributed by atoms with Crippen molar-refractivity contribution in [3.63, 3.8) is 0 Å². The van der Waals surface area contributed by atoms with Crippen LogP contribution in [0.3, 0.4) is 0 Å². The molecule has 3 aromatic rings. The lowest BCUT2D eigenvalue weighted by Crippen LogP contribution is -2.00. The molecule has 0 aliphatic rings. The van der Waals surface area contributed by atoms with E-state index in [-0.39, 0.29) is 0 Å². The maximum Gasteiger partial charge on any atom is 0.203 e. The molecule has 0 fully saturated rings. The molecule has 6 heteroatoms. The highest BCUT2D eigenvalue weighted by atomic mass is 16.5. The van der Waals surface area contributed by atoms with Gasteiger partial charge in [0.1, 0.15) is 5.75 Å². The van der Waals surface area contributed by atoms with Gasteiger partial charge in [0, 0.05) is 5.56 Å². The van der Waals surface area contributed by atoms with Crippen molar-refractivity contribution in [2.24, 2.45) is 0 Å². The summed E-state index contributed by atoms with van der Waals surface area (Å²) < 4.78 is 33.1. The van der Waals surface area contributed by atoms with Gasteiger partial charge in [-0.15, -0.1) is 0 Å². The van der Waals surface area contributed by atoms with Crippen molar-refractivity contribution >= 4 is 12.2 Å². The summed E-state index contributed by atoms with van der Waals surface area (Å²) >= 11 is 0. The van der Waals surface area contributed by atoms with Gasteiger partial charge in [-0.3, -0.25) is 0 Å². The predicted octanol–water partition coefficient (Wildman–Crippen LogP) is 5.58. The number of hydrogen-bond donors (Lipinski definition) is 0. The van der Waals surface area contributed by atoms with Gasteiger partial charge in [-0.05, 0) is 47.0 Å². The Bertz CT molecular complexity index is 1090. The fraction of sp³-hybridized carbons (Fsp3) is 0.231. The molecule has 0 unspecified atom stereocenters. The van der Waals surface area contributed by atoms with E-state index in [4.69, 9.17) is 28.4 Å². The summed E-state index contributed by atoms with van der Waals surface area (Å²) in [6, 6.07) is 15.5. The van der Waals surface area contributed by atoms with E-state index in [2.05, 4.69) is 0 Å². The molecule has 0 spiro atoms. The first-order chi connectivity index (χ1) is 15.6. The highest BCUT2D eigenvalue weighted by Crippen LogP contribution is 2.48. The van der Waals surface area contributed by atoms with Gasteiger partial charge >= 0.3 is 0 Å². The highest BCUT2D eigenvalue weighted by Gasteiger charge is 2.22. The van der Waals surface area contributed by atoms with Gasteiger partial charge in [-0.2, -0.15) is 0 Å². The Morgan fingerprint density at radius 1 is 0.531 bits per heavy atom. The molecule has 0 heterocycles. The van der Waals surface area contributed by atoms with E-state index >= 15 is 0 Å². The van der Waals surface area contributed by atoms with Crippen LogP contribution < -0.4 is 28.4 Å². The van der Waals surface area contributed by atoms with Crippen molar-refractivity contribution in [2.45, 2.75) is 0 Å². The molecule has 0 atom stereocenters. The molecule has 32 heavy (non-hydrogen) atoms. The van der Waals surface area contributed by atoms with Crippen LogP contribution in [0.25, 0.3) is 23.3 Å². The predicted molar refractivity (Wildman–Crippen MR) is 127 cm³/mol. The zero-order chi connectivity index (χ0) is 23.1. The van der Waals surface area contributed by atoms with Crippen LogP contribution in [0.15, 0.2) is 48.5 Å². The molecule has 0 aromatic heterocycles. The summed E-state index contributed by atoms with van der Waals surface area (Å²) in [4.78, 5) is 0. The van der Waals surface area contributed by atoms with Gasteiger partial charge in [0.05, 0.1) is 42.7 Å². The SMILES string of the molecule is COc1ccc(/C=C/c2cc(OC)c(OC)c(OC)c2-c2ccc(OC)c(OC)c2)cc1. The van der Waals surface area contributed by atoms with Crippen LogP contribution in [0, 0.1) is 0 Å². The second kappa shape index (κ2) is 10.5. The average molecular weight is 437 g/mol. The largest absolute Gasteiger partial charge is 0.497 e. The Morgan fingerprint density at radius 2 is 1.19 bits per heavy atom. The normalized spacial score (nSPS) is 10.7. The van der Waals surface area contributed by atoms with Crippen LogP contribution in [-0.4, -0.2) is 42.7 Å². The van der Waals surface area contributed by atoms with E-state index in [9.17, 15) is 0 Å². The van der Waals surface area contributed by atoms with Crippen LogP contribution in [0.4, 0.5) is 0 Å². The molecule has 6 nitrogen and oxygen atoms in total. The van der Waals surface area contributed by atoms with Crippen molar-refractivity contribution in [3.8, 4) is 45.6 Å². The molecule has 0 saturated carbocycles. The molecule has 168 valence electrons. The third-order valence-electron chi connectivity index (χ3n) is 5.10. The molecule has 0 radical (unpaired) electrons. The average Bonchev–Trinajstić information content (AvgIpc) is 2.86. The maximum absolute atomic E-state index is 5.79. The van der Waals surface area contributed by atoms with Gasteiger partial charge in [0.25, 0.3) is 0 Å². The second-order valence-electron chi connectivity index (χ2n) is 6.79. The lowest BCUT2D eigenvalue weighted by molar-refractivity contribution is 0.325. The molecule has 0 N–H and O–H groups in total. The minimum atomic E-state index is 0.515. The first-order valence-electron chi connectivity index (χ1n) is 9.97. The summed E-state index contributed by atoms with van der Waals surface area (Å²) in [5.74, 6) is 3.72. The summed E-state index contributed by atoms with van der Waals surface area (Å²) in [5, 5.41) is 0. The second-order valence-corrected chi connectivity index (χ2v) is 6.79. The maximum atomic E-state index is 5.79. The summed E-state index contributed by atoms with van der Waals surface area (Å²) in [6.07, 6.45) is 4.03. The molecule has 3 rings (SSSR count). The fourth-order valence-electron chi connectivity index (χ4n) is 3.50. The lowest BCUT2D eigenvalue weighted by atomic mass is 9.96. The topological polar surface area (TPSA) is 55.4 Å². The summed E-state index contributed by atoms with van der Waals surface area (Å²) in [6.45, 7) is 0. The van der Waals surface area contributed by atoms with Gasteiger partial charge in [0.2, 0.25) is 5.75 Å². The van der Waals surface area contributed by atoms with Gasteiger partial charge in [-0.25, -0.2) is 0 Å². The molecule has 0 saturated heterocycles.